The van der Waals surface area contributed by atoms with Crippen molar-refractivity contribution in [2.45, 2.75) is 38.6 Å². The predicted octanol–water partition coefficient (Wildman–Crippen LogP) is 3.14. The van der Waals surface area contributed by atoms with Crippen LogP contribution in [0.25, 0.3) is 11.0 Å². The van der Waals surface area contributed by atoms with Crippen molar-refractivity contribution in [1.29, 1.82) is 0 Å². The minimum absolute atomic E-state index is 0.539. The van der Waals surface area contributed by atoms with E-state index >= 15 is 0 Å². The summed E-state index contributed by atoms with van der Waals surface area (Å²) in [6, 6.07) is 6.31. The van der Waals surface area contributed by atoms with Crippen LogP contribution in [-0.4, -0.2) is 16.0 Å². The maximum Gasteiger partial charge on any atom is 0.201 e. The van der Waals surface area contributed by atoms with E-state index in [-0.39, 0.29) is 0 Å². The molecule has 1 aromatic heterocycles. The first-order chi connectivity index (χ1) is 8.72. The number of nitrogen functional groups attached to an aromatic ring is 1. The molecule has 1 heterocycles. The third-order valence-electron chi connectivity index (χ3n) is 3.94. The monoisotopic (exact) mass is 244 g/mol. The minimum atomic E-state index is 0.539. The van der Waals surface area contributed by atoms with Gasteiger partial charge in [-0.2, -0.15) is 0 Å². The second-order valence-electron chi connectivity index (χ2n) is 5.37. The van der Waals surface area contributed by atoms with Gasteiger partial charge >= 0.3 is 0 Å². The van der Waals surface area contributed by atoms with Crippen molar-refractivity contribution in [2.75, 3.05) is 11.1 Å². The van der Waals surface area contributed by atoms with E-state index in [1.54, 1.807) is 0 Å². The van der Waals surface area contributed by atoms with E-state index in [0.717, 1.165) is 28.6 Å². The average molecular weight is 244 g/mol. The van der Waals surface area contributed by atoms with Gasteiger partial charge in [0.2, 0.25) is 5.95 Å². The summed E-state index contributed by atoms with van der Waals surface area (Å²) in [7, 11) is 0. The SMILES string of the molecule is CC1CCCCC1Nc1nc2ccc(N)cc2[nH]1. The Kier molecular flexibility index (Phi) is 2.86. The molecule has 0 saturated heterocycles. The van der Waals surface area contributed by atoms with Crippen LogP contribution in [0.4, 0.5) is 11.6 Å². The zero-order valence-corrected chi connectivity index (χ0v) is 10.7. The van der Waals surface area contributed by atoms with Gasteiger partial charge in [-0.05, 0) is 37.0 Å². The Balaban J connectivity index is 1.81. The highest BCUT2D eigenvalue weighted by atomic mass is 15.1. The zero-order valence-electron chi connectivity index (χ0n) is 10.7. The van der Waals surface area contributed by atoms with E-state index in [0.29, 0.717) is 6.04 Å². The predicted molar refractivity (Wildman–Crippen MR) is 75.5 cm³/mol. The third kappa shape index (κ3) is 2.15. The second-order valence-corrected chi connectivity index (χ2v) is 5.37. The number of aromatic amines is 1. The van der Waals surface area contributed by atoms with Crippen LogP contribution in [0.3, 0.4) is 0 Å². The number of hydrogen-bond acceptors (Lipinski definition) is 3. The highest BCUT2D eigenvalue weighted by molar-refractivity contribution is 5.80. The fourth-order valence-electron chi connectivity index (χ4n) is 2.80. The summed E-state index contributed by atoms with van der Waals surface area (Å²) in [4.78, 5) is 7.86. The normalized spacial score (nSPS) is 24.3. The number of anilines is 2. The molecule has 4 heteroatoms. The van der Waals surface area contributed by atoms with Crippen LogP contribution in [-0.2, 0) is 0 Å². The molecule has 1 aliphatic rings. The van der Waals surface area contributed by atoms with Crippen molar-refractivity contribution in [3.05, 3.63) is 18.2 Å². The number of fused-ring (bicyclic) bond motifs is 1. The molecule has 2 atom stereocenters. The molecule has 0 aliphatic heterocycles. The number of aromatic nitrogens is 2. The summed E-state index contributed by atoms with van der Waals surface area (Å²) >= 11 is 0. The quantitative estimate of drug-likeness (QED) is 0.711. The molecule has 0 spiro atoms. The molecule has 0 radical (unpaired) electrons. The zero-order chi connectivity index (χ0) is 12.5. The highest BCUT2D eigenvalue weighted by Gasteiger charge is 2.21. The van der Waals surface area contributed by atoms with Gasteiger partial charge in [-0.25, -0.2) is 4.98 Å². The lowest BCUT2D eigenvalue weighted by Gasteiger charge is -2.29. The van der Waals surface area contributed by atoms with E-state index in [4.69, 9.17) is 5.73 Å². The van der Waals surface area contributed by atoms with Gasteiger partial charge in [0.1, 0.15) is 0 Å². The van der Waals surface area contributed by atoms with Crippen molar-refractivity contribution >= 4 is 22.7 Å². The van der Waals surface area contributed by atoms with Gasteiger partial charge in [0.25, 0.3) is 0 Å². The number of rotatable bonds is 2. The number of hydrogen-bond donors (Lipinski definition) is 3. The maximum absolute atomic E-state index is 5.77. The van der Waals surface area contributed by atoms with Gasteiger partial charge in [0, 0.05) is 11.7 Å². The molecule has 4 N–H and O–H groups in total. The first-order valence-electron chi connectivity index (χ1n) is 6.74. The number of nitrogens with two attached hydrogens (primary N) is 1. The van der Waals surface area contributed by atoms with E-state index in [1.807, 2.05) is 18.2 Å². The first kappa shape index (κ1) is 11.4. The van der Waals surface area contributed by atoms with E-state index < -0.39 is 0 Å². The van der Waals surface area contributed by atoms with Crippen molar-refractivity contribution < 1.29 is 0 Å². The standard InChI is InChI=1S/C14H20N4/c1-9-4-2-3-5-11(9)16-14-17-12-7-6-10(15)8-13(12)18-14/h6-9,11H,2-5,15H2,1H3,(H2,16,17,18). The molecule has 0 amide bonds. The summed E-state index contributed by atoms with van der Waals surface area (Å²) in [6.45, 7) is 2.32. The van der Waals surface area contributed by atoms with E-state index in [2.05, 4.69) is 22.2 Å². The Bertz CT molecular complexity index is 546. The molecule has 96 valence electrons. The molecule has 2 aromatic rings. The summed E-state index contributed by atoms with van der Waals surface area (Å²) in [5, 5.41) is 3.53. The van der Waals surface area contributed by atoms with Crippen molar-refractivity contribution in [3.8, 4) is 0 Å². The number of nitrogens with one attached hydrogen (secondary N) is 2. The molecule has 18 heavy (non-hydrogen) atoms. The van der Waals surface area contributed by atoms with E-state index in [9.17, 15) is 0 Å². The van der Waals surface area contributed by atoms with Gasteiger partial charge in [-0.15, -0.1) is 0 Å². The average Bonchev–Trinajstić information content (AvgIpc) is 2.73. The minimum Gasteiger partial charge on any atom is -0.399 e. The largest absolute Gasteiger partial charge is 0.399 e. The van der Waals surface area contributed by atoms with Crippen LogP contribution >= 0.6 is 0 Å². The van der Waals surface area contributed by atoms with Gasteiger partial charge in [-0.3, -0.25) is 0 Å². The molecule has 1 aromatic carbocycles. The van der Waals surface area contributed by atoms with Gasteiger partial charge in [0.05, 0.1) is 11.0 Å². The van der Waals surface area contributed by atoms with Crippen LogP contribution in [0.5, 0.6) is 0 Å². The van der Waals surface area contributed by atoms with Gasteiger partial charge in [0.15, 0.2) is 0 Å². The fraction of sp³-hybridized carbons (Fsp3) is 0.500. The molecule has 0 bridgehead atoms. The number of nitrogens with zero attached hydrogens (tertiary/aromatic N) is 1. The summed E-state index contributed by atoms with van der Waals surface area (Å²) in [5.74, 6) is 1.59. The smallest absolute Gasteiger partial charge is 0.201 e. The number of H-pyrrole nitrogens is 1. The van der Waals surface area contributed by atoms with Crippen molar-refractivity contribution in [1.82, 2.24) is 9.97 Å². The summed E-state index contributed by atoms with van der Waals surface area (Å²) in [5.41, 5.74) is 8.51. The molecule has 2 unspecified atom stereocenters. The molecule has 3 rings (SSSR count). The molecule has 1 saturated carbocycles. The Hall–Kier alpha value is -1.71. The fourth-order valence-corrected chi connectivity index (χ4v) is 2.80. The first-order valence-corrected chi connectivity index (χ1v) is 6.74. The van der Waals surface area contributed by atoms with Crippen molar-refractivity contribution in [2.24, 2.45) is 5.92 Å². The Morgan fingerprint density at radius 2 is 2.17 bits per heavy atom. The molecule has 1 aliphatic carbocycles. The number of benzene rings is 1. The van der Waals surface area contributed by atoms with Crippen LogP contribution in [0.1, 0.15) is 32.6 Å². The lowest BCUT2D eigenvalue weighted by molar-refractivity contribution is 0.348. The molecule has 1 fully saturated rings. The Morgan fingerprint density at radius 3 is 3.00 bits per heavy atom. The van der Waals surface area contributed by atoms with Gasteiger partial charge < -0.3 is 16.0 Å². The van der Waals surface area contributed by atoms with Crippen molar-refractivity contribution in [3.63, 3.8) is 0 Å². The van der Waals surface area contributed by atoms with Gasteiger partial charge in [-0.1, -0.05) is 19.8 Å². The molecule has 4 nitrogen and oxygen atoms in total. The van der Waals surface area contributed by atoms with Crippen LogP contribution in [0.15, 0.2) is 18.2 Å². The Labute approximate surface area is 107 Å². The second kappa shape index (κ2) is 4.52. The lowest BCUT2D eigenvalue weighted by atomic mass is 9.86. The molecular weight excluding hydrogens is 224 g/mol. The number of imidazole rings is 1. The lowest BCUT2D eigenvalue weighted by Crippen LogP contribution is -2.30. The maximum atomic E-state index is 5.77. The highest BCUT2D eigenvalue weighted by Crippen LogP contribution is 2.27. The van der Waals surface area contributed by atoms with Crippen LogP contribution in [0.2, 0.25) is 0 Å². The summed E-state index contributed by atoms with van der Waals surface area (Å²) < 4.78 is 0. The van der Waals surface area contributed by atoms with Crippen LogP contribution in [0, 0.1) is 5.92 Å². The third-order valence-corrected chi connectivity index (χ3v) is 3.94. The topological polar surface area (TPSA) is 66.7 Å². The molecular formula is C14H20N4. The van der Waals surface area contributed by atoms with Crippen LogP contribution < -0.4 is 11.1 Å². The van der Waals surface area contributed by atoms with E-state index in [1.165, 1.54) is 25.7 Å². The summed E-state index contributed by atoms with van der Waals surface area (Å²) in [6.07, 6.45) is 5.22. The Morgan fingerprint density at radius 1 is 1.33 bits per heavy atom.